The highest BCUT2D eigenvalue weighted by Gasteiger charge is 2.21. The van der Waals surface area contributed by atoms with Gasteiger partial charge in [-0.1, -0.05) is 31.2 Å². The van der Waals surface area contributed by atoms with Crippen molar-refractivity contribution >= 4 is 22.6 Å². The summed E-state index contributed by atoms with van der Waals surface area (Å²) in [4.78, 5) is 29.8. The Morgan fingerprint density at radius 2 is 2.00 bits per heavy atom. The lowest BCUT2D eigenvalue weighted by atomic mass is 10.1. The van der Waals surface area contributed by atoms with Crippen LogP contribution in [0.25, 0.3) is 10.8 Å². The van der Waals surface area contributed by atoms with Crippen LogP contribution in [0, 0.1) is 0 Å². The third-order valence-corrected chi connectivity index (χ3v) is 3.20. The lowest BCUT2D eigenvalue weighted by molar-refractivity contribution is -0.141. The molecule has 0 fully saturated rings. The summed E-state index contributed by atoms with van der Waals surface area (Å²) in [6, 6.07) is 9.42. The normalized spacial score (nSPS) is 10.4. The molecule has 0 aliphatic carbocycles. The summed E-state index contributed by atoms with van der Waals surface area (Å²) in [6.07, 6.45) is 2.37. The number of hydrogen-bond acceptors (Lipinski definition) is 4. The molecular formula is C16H18N2O3. The maximum Gasteiger partial charge on any atom is 0.325 e. The lowest BCUT2D eigenvalue weighted by Gasteiger charge is -2.20. The van der Waals surface area contributed by atoms with Gasteiger partial charge in [0.1, 0.15) is 12.2 Å². The van der Waals surface area contributed by atoms with Crippen molar-refractivity contribution in [3.8, 4) is 0 Å². The number of rotatable bonds is 5. The van der Waals surface area contributed by atoms with E-state index in [9.17, 15) is 9.59 Å². The highest BCUT2D eigenvalue weighted by molar-refractivity contribution is 6.05. The molecule has 0 N–H and O–H groups in total. The Hall–Kier alpha value is -2.43. The first kappa shape index (κ1) is 15.0. The molecule has 0 atom stereocenters. The molecule has 2 rings (SSSR count). The fourth-order valence-electron chi connectivity index (χ4n) is 2.18. The van der Waals surface area contributed by atoms with Crippen LogP contribution in [0.2, 0.25) is 0 Å². The molecule has 1 amide bonds. The van der Waals surface area contributed by atoms with Gasteiger partial charge in [0.2, 0.25) is 0 Å². The van der Waals surface area contributed by atoms with E-state index in [0.29, 0.717) is 12.2 Å². The number of pyridine rings is 1. The van der Waals surface area contributed by atoms with Crippen molar-refractivity contribution in [2.24, 2.45) is 0 Å². The van der Waals surface area contributed by atoms with Gasteiger partial charge in [-0.05, 0) is 17.9 Å². The second kappa shape index (κ2) is 6.83. The number of aromatic nitrogens is 1. The summed E-state index contributed by atoms with van der Waals surface area (Å²) in [7, 11) is 1.31. The van der Waals surface area contributed by atoms with Crippen molar-refractivity contribution < 1.29 is 14.3 Å². The number of carbonyl (C=O) groups excluding carboxylic acids is 2. The molecule has 0 radical (unpaired) electrons. The number of fused-ring (bicyclic) bond motifs is 1. The summed E-state index contributed by atoms with van der Waals surface area (Å²) < 4.78 is 4.65. The van der Waals surface area contributed by atoms with Crippen LogP contribution in [0.1, 0.15) is 23.8 Å². The van der Waals surface area contributed by atoms with Crippen molar-refractivity contribution in [2.45, 2.75) is 13.3 Å². The summed E-state index contributed by atoms with van der Waals surface area (Å²) in [5.41, 5.74) is 0.366. The molecule has 5 heteroatoms. The Bertz CT molecular complexity index is 650. The fourth-order valence-corrected chi connectivity index (χ4v) is 2.18. The third-order valence-electron chi connectivity index (χ3n) is 3.20. The number of nitrogens with zero attached hydrogens (tertiary/aromatic N) is 2. The van der Waals surface area contributed by atoms with Gasteiger partial charge in [0.25, 0.3) is 5.91 Å². The van der Waals surface area contributed by atoms with Crippen LogP contribution in [0.15, 0.2) is 36.5 Å². The highest BCUT2D eigenvalue weighted by Crippen LogP contribution is 2.18. The number of esters is 1. The van der Waals surface area contributed by atoms with Crippen molar-refractivity contribution in [1.29, 1.82) is 0 Å². The molecule has 1 aromatic heterocycles. The second-order valence-electron chi connectivity index (χ2n) is 4.68. The predicted octanol–water partition coefficient (Wildman–Crippen LogP) is 2.26. The van der Waals surface area contributed by atoms with Gasteiger partial charge in [-0.15, -0.1) is 0 Å². The molecule has 0 aliphatic rings. The van der Waals surface area contributed by atoms with Gasteiger partial charge in [-0.3, -0.25) is 14.6 Å². The van der Waals surface area contributed by atoms with Gasteiger partial charge in [0.05, 0.1) is 7.11 Å². The van der Waals surface area contributed by atoms with Crippen molar-refractivity contribution in [3.63, 3.8) is 0 Å². The molecule has 110 valence electrons. The van der Waals surface area contributed by atoms with Crippen molar-refractivity contribution in [1.82, 2.24) is 9.88 Å². The Labute approximate surface area is 123 Å². The van der Waals surface area contributed by atoms with Crippen LogP contribution in [0.3, 0.4) is 0 Å². The first-order valence-electron chi connectivity index (χ1n) is 6.87. The van der Waals surface area contributed by atoms with E-state index in [1.165, 1.54) is 12.0 Å². The maximum absolute atomic E-state index is 12.7. The monoisotopic (exact) mass is 286 g/mol. The third kappa shape index (κ3) is 3.37. The lowest BCUT2D eigenvalue weighted by Crippen LogP contribution is -2.37. The van der Waals surface area contributed by atoms with Crippen molar-refractivity contribution in [3.05, 3.63) is 42.2 Å². The molecule has 0 aliphatic heterocycles. The van der Waals surface area contributed by atoms with Crippen LogP contribution in [0.4, 0.5) is 0 Å². The molecule has 0 saturated heterocycles. The predicted molar refractivity (Wildman–Crippen MR) is 80.0 cm³/mol. The molecule has 21 heavy (non-hydrogen) atoms. The summed E-state index contributed by atoms with van der Waals surface area (Å²) in [5.74, 6) is -0.684. The van der Waals surface area contributed by atoms with E-state index in [1.807, 2.05) is 37.3 Å². The van der Waals surface area contributed by atoms with Gasteiger partial charge in [-0.2, -0.15) is 0 Å². The van der Waals surface area contributed by atoms with E-state index in [2.05, 4.69) is 9.72 Å². The largest absolute Gasteiger partial charge is 0.468 e. The zero-order chi connectivity index (χ0) is 15.2. The minimum absolute atomic E-state index is 0.0614. The number of ether oxygens (including phenoxy) is 1. The highest BCUT2D eigenvalue weighted by atomic mass is 16.5. The molecule has 5 nitrogen and oxygen atoms in total. The Morgan fingerprint density at radius 1 is 1.24 bits per heavy atom. The Balaban J connectivity index is 2.36. The maximum atomic E-state index is 12.7. The van der Waals surface area contributed by atoms with Crippen LogP contribution in [-0.2, 0) is 9.53 Å². The molecule has 0 saturated carbocycles. The van der Waals surface area contributed by atoms with Gasteiger partial charge in [0.15, 0.2) is 0 Å². The van der Waals surface area contributed by atoms with Gasteiger partial charge < -0.3 is 9.64 Å². The summed E-state index contributed by atoms with van der Waals surface area (Å²) in [6.45, 7) is 2.38. The van der Waals surface area contributed by atoms with Gasteiger partial charge in [-0.25, -0.2) is 0 Å². The minimum Gasteiger partial charge on any atom is -0.468 e. The van der Waals surface area contributed by atoms with Crippen LogP contribution in [0.5, 0.6) is 0 Å². The molecule has 2 aromatic rings. The van der Waals surface area contributed by atoms with Crippen LogP contribution < -0.4 is 0 Å². The standard InChI is InChI=1S/C16H18N2O3/c1-3-10-18(11-14(19)21-2)16(20)15-13-7-5-4-6-12(13)8-9-17-15/h4-9H,3,10-11H2,1-2H3. The molecule has 1 aromatic carbocycles. The van der Waals surface area contributed by atoms with E-state index in [4.69, 9.17) is 0 Å². The number of amides is 1. The van der Waals surface area contributed by atoms with E-state index in [0.717, 1.165) is 17.2 Å². The molecule has 1 heterocycles. The van der Waals surface area contributed by atoms with Crippen LogP contribution in [-0.4, -0.2) is 42.0 Å². The zero-order valence-electron chi connectivity index (χ0n) is 12.2. The summed E-state index contributed by atoms with van der Waals surface area (Å²) >= 11 is 0. The molecule has 0 bridgehead atoms. The molecule has 0 spiro atoms. The zero-order valence-corrected chi connectivity index (χ0v) is 12.2. The SMILES string of the molecule is CCCN(CC(=O)OC)C(=O)c1nccc2ccccc12. The van der Waals surface area contributed by atoms with Crippen LogP contribution >= 0.6 is 0 Å². The Kier molecular flexibility index (Phi) is 4.87. The quantitative estimate of drug-likeness (QED) is 0.791. The number of carbonyl (C=O) groups is 2. The average Bonchev–Trinajstić information content (AvgIpc) is 2.53. The topological polar surface area (TPSA) is 59.5 Å². The fraction of sp³-hybridized carbons (Fsp3) is 0.312. The first-order chi connectivity index (χ1) is 10.2. The van der Waals surface area contributed by atoms with E-state index in [-0.39, 0.29) is 12.5 Å². The van der Waals surface area contributed by atoms with E-state index < -0.39 is 5.97 Å². The van der Waals surface area contributed by atoms with E-state index in [1.54, 1.807) is 6.20 Å². The number of hydrogen-bond donors (Lipinski definition) is 0. The smallest absolute Gasteiger partial charge is 0.325 e. The minimum atomic E-state index is -0.433. The molecular weight excluding hydrogens is 268 g/mol. The average molecular weight is 286 g/mol. The first-order valence-corrected chi connectivity index (χ1v) is 6.87. The number of benzene rings is 1. The molecule has 0 unspecified atom stereocenters. The number of methoxy groups -OCH3 is 1. The van der Waals surface area contributed by atoms with E-state index >= 15 is 0 Å². The van der Waals surface area contributed by atoms with Crippen molar-refractivity contribution in [2.75, 3.05) is 20.2 Å². The second-order valence-corrected chi connectivity index (χ2v) is 4.68. The Morgan fingerprint density at radius 3 is 2.71 bits per heavy atom. The van der Waals surface area contributed by atoms with Gasteiger partial charge >= 0.3 is 5.97 Å². The summed E-state index contributed by atoms with van der Waals surface area (Å²) in [5, 5.41) is 1.74. The van der Waals surface area contributed by atoms with Gasteiger partial charge in [0, 0.05) is 18.1 Å².